The maximum absolute atomic E-state index is 13.2. The predicted molar refractivity (Wildman–Crippen MR) is 86.0 cm³/mol. The predicted octanol–water partition coefficient (Wildman–Crippen LogP) is 2.02. The molecule has 8 heteroatoms. The van der Waals surface area contributed by atoms with Crippen molar-refractivity contribution in [2.75, 3.05) is 37.7 Å². The van der Waals surface area contributed by atoms with E-state index in [1.165, 1.54) is 6.07 Å². The molecule has 130 valence electrons. The van der Waals surface area contributed by atoms with Crippen LogP contribution in [0.25, 0.3) is 0 Å². The summed E-state index contributed by atoms with van der Waals surface area (Å²) in [6.45, 7) is 8.29. The summed E-state index contributed by atoms with van der Waals surface area (Å²) >= 11 is 0. The number of ether oxygens (including phenoxy) is 1. The molecule has 1 atom stereocenters. The van der Waals surface area contributed by atoms with E-state index in [2.05, 4.69) is 24.9 Å². The zero-order chi connectivity index (χ0) is 16.9. The van der Waals surface area contributed by atoms with Gasteiger partial charge in [-0.2, -0.15) is 9.37 Å². The van der Waals surface area contributed by atoms with Crippen LogP contribution in [0.15, 0.2) is 22.7 Å². The summed E-state index contributed by atoms with van der Waals surface area (Å²) in [6.07, 6.45) is -0.164. The Hall–Kier alpha value is -2.06. The molecule has 0 spiro atoms. The molecule has 1 aliphatic heterocycles. The molecule has 0 amide bonds. The first-order chi connectivity index (χ1) is 11.7. The standard InChI is InChI=1S/C16H22FN5O2/c1-3-23-12(2)16-19-15(24-20-16)11-21-7-9-22(10-8-21)14-6-4-5-13(17)18-14/h4-6,12H,3,7-11H2,1-2H3. The number of aromatic nitrogens is 3. The van der Waals surface area contributed by atoms with Crippen molar-refractivity contribution in [3.05, 3.63) is 35.9 Å². The highest BCUT2D eigenvalue weighted by atomic mass is 19.1. The van der Waals surface area contributed by atoms with Gasteiger partial charge in [-0.25, -0.2) is 4.98 Å². The molecular formula is C16H22FN5O2. The van der Waals surface area contributed by atoms with Crippen LogP contribution in [-0.2, 0) is 11.3 Å². The lowest BCUT2D eigenvalue weighted by atomic mass is 10.3. The first-order valence-electron chi connectivity index (χ1n) is 8.19. The van der Waals surface area contributed by atoms with Gasteiger partial charge in [-0.15, -0.1) is 0 Å². The number of hydrogen-bond donors (Lipinski definition) is 0. The molecule has 1 saturated heterocycles. The topological polar surface area (TPSA) is 67.5 Å². The minimum Gasteiger partial charge on any atom is -0.371 e. The molecule has 3 rings (SSSR count). The van der Waals surface area contributed by atoms with Crippen molar-refractivity contribution in [1.82, 2.24) is 20.0 Å². The SMILES string of the molecule is CCOC(C)c1noc(CN2CCN(c3cccc(F)n3)CC2)n1. The lowest BCUT2D eigenvalue weighted by Crippen LogP contribution is -2.46. The van der Waals surface area contributed by atoms with Crippen LogP contribution in [0.3, 0.4) is 0 Å². The number of rotatable bonds is 6. The van der Waals surface area contributed by atoms with Gasteiger partial charge in [-0.05, 0) is 26.0 Å². The van der Waals surface area contributed by atoms with Crippen molar-refractivity contribution < 1.29 is 13.7 Å². The smallest absolute Gasteiger partial charge is 0.240 e. The molecule has 0 N–H and O–H groups in total. The normalized spacial score (nSPS) is 17.2. The Morgan fingerprint density at radius 3 is 2.75 bits per heavy atom. The second kappa shape index (κ2) is 7.67. The van der Waals surface area contributed by atoms with Crippen molar-refractivity contribution in [3.63, 3.8) is 0 Å². The lowest BCUT2D eigenvalue weighted by molar-refractivity contribution is 0.0683. The van der Waals surface area contributed by atoms with Crippen LogP contribution in [0.1, 0.15) is 31.7 Å². The van der Waals surface area contributed by atoms with Gasteiger partial charge in [0, 0.05) is 32.8 Å². The fourth-order valence-electron chi connectivity index (χ4n) is 2.72. The summed E-state index contributed by atoms with van der Waals surface area (Å²) in [5.41, 5.74) is 0. The van der Waals surface area contributed by atoms with Gasteiger partial charge in [0.05, 0.1) is 6.54 Å². The van der Waals surface area contributed by atoms with Gasteiger partial charge < -0.3 is 14.2 Å². The van der Waals surface area contributed by atoms with E-state index in [0.29, 0.717) is 30.7 Å². The zero-order valence-electron chi connectivity index (χ0n) is 14.0. The minimum absolute atomic E-state index is 0.164. The Labute approximate surface area is 140 Å². The number of anilines is 1. The Balaban J connectivity index is 1.52. The molecule has 24 heavy (non-hydrogen) atoms. The monoisotopic (exact) mass is 335 g/mol. The van der Waals surface area contributed by atoms with E-state index in [1.54, 1.807) is 6.07 Å². The van der Waals surface area contributed by atoms with E-state index in [9.17, 15) is 4.39 Å². The van der Waals surface area contributed by atoms with Crippen molar-refractivity contribution in [2.24, 2.45) is 0 Å². The van der Waals surface area contributed by atoms with Crippen molar-refractivity contribution >= 4 is 5.82 Å². The van der Waals surface area contributed by atoms with E-state index in [4.69, 9.17) is 9.26 Å². The molecule has 0 aromatic carbocycles. The lowest BCUT2D eigenvalue weighted by Gasteiger charge is -2.34. The number of pyridine rings is 1. The summed E-state index contributed by atoms with van der Waals surface area (Å²) in [4.78, 5) is 12.6. The third-order valence-electron chi connectivity index (χ3n) is 4.02. The number of halogens is 1. The van der Waals surface area contributed by atoms with Crippen molar-refractivity contribution in [1.29, 1.82) is 0 Å². The highest BCUT2D eigenvalue weighted by molar-refractivity contribution is 5.38. The molecule has 2 aromatic rings. The van der Waals surface area contributed by atoms with Crippen LogP contribution < -0.4 is 4.90 Å². The second-order valence-electron chi connectivity index (χ2n) is 5.73. The van der Waals surface area contributed by atoms with Crippen LogP contribution >= 0.6 is 0 Å². The highest BCUT2D eigenvalue weighted by Gasteiger charge is 2.21. The summed E-state index contributed by atoms with van der Waals surface area (Å²) in [7, 11) is 0. The molecule has 2 aromatic heterocycles. The van der Waals surface area contributed by atoms with Crippen molar-refractivity contribution in [3.8, 4) is 0 Å². The van der Waals surface area contributed by atoms with Crippen LogP contribution in [0.5, 0.6) is 0 Å². The quantitative estimate of drug-likeness (QED) is 0.748. The Bertz CT molecular complexity index is 657. The van der Waals surface area contributed by atoms with E-state index in [0.717, 1.165) is 26.2 Å². The average Bonchev–Trinajstić information content (AvgIpc) is 3.04. The Morgan fingerprint density at radius 1 is 1.25 bits per heavy atom. The molecule has 3 heterocycles. The van der Waals surface area contributed by atoms with E-state index < -0.39 is 5.95 Å². The van der Waals surface area contributed by atoms with Gasteiger partial charge in [-0.3, -0.25) is 4.90 Å². The Morgan fingerprint density at radius 2 is 2.04 bits per heavy atom. The first-order valence-corrected chi connectivity index (χ1v) is 8.19. The molecular weight excluding hydrogens is 313 g/mol. The van der Waals surface area contributed by atoms with Crippen molar-refractivity contribution in [2.45, 2.75) is 26.5 Å². The maximum atomic E-state index is 13.2. The summed E-state index contributed by atoms with van der Waals surface area (Å²) in [5, 5.41) is 3.97. The third kappa shape index (κ3) is 4.07. The molecule has 1 unspecified atom stereocenters. The summed E-state index contributed by atoms with van der Waals surface area (Å²) < 4.78 is 24.0. The molecule has 0 bridgehead atoms. The van der Waals surface area contributed by atoms with Gasteiger partial charge in [0.2, 0.25) is 11.8 Å². The number of hydrogen-bond acceptors (Lipinski definition) is 7. The van der Waals surface area contributed by atoms with Crippen LogP contribution in [0.4, 0.5) is 10.2 Å². The molecule has 1 fully saturated rings. The molecule has 0 aliphatic carbocycles. The molecule has 7 nitrogen and oxygen atoms in total. The zero-order valence-corrected chi connectivity index (χ0v) is 14.0. The number of nitrogens with zero attached hydrogens (tertiary/aromatic N) is 5. The average molecular weight is 335 g/mol. The number of piperazine rings is 1. The van der Waals surface area contributed by atoms with Crippen LogP contribution in [0.2, 0.25) is 0 Å². The molecule has 1 aliphatic rings. The van der Waals surface area contributed by atoms with Crippen LogP contribution in [-0.4, -0.2) is 52.8 Å². The van der Waals surface area contributed by atoms with Gasteiger partial charge in [0.15, 0.2) is 5.82 Å². The van der Waals surface area contributed by atoms with E-state index in [1.807, 2.05) is 19.9 Å². The van der Waals surface area contributed by atoms with Gasteiger partial charge in [0.25, 0.3) is 0 Å². The maximum Gasteiger partial charge on any atom is 0.240 e. The first kappa shape index (κ1) is 16.8. The van der Waals surface area contributed by atoms with Gasteiger partial charge in [-0.1, -0.05) is 11.2 Å². The van der Waals surface area contributed by atoms with E-state index >= 15 is 0 Å². The largest absolute Gasteiger partial charge is 0.371 e. The van der Waals surface area contributed by atoms with Gasteiger partial charge in [0.1, 0.15) is 11.9 Å². The Kier molecular flexibility index (Phi) is 5.37. The summed E-state index contributed by atoms with van der Waals surface area (Å²) in [6, 6.07) is 4.87. The highest BCUT2D eigenvalue weighted by Crippen LogP contribution is 2.16. The van der Waals surface area contributed by atoms with E-state index in [-0.39, 0.29) is 6.10 Å². The minimum atomic E-state index is -0.447. The molecule has 0 saturated carbocycles. The second-order valence-corrected chi connectivity index (χ2v) is 5.73. The molecule has 0 radical (unpaired) electrons. The summed E-state index contributed by atoms with van der Waals surface area (Å²) in [5.74, 6) is 1.40. The fraction of sp³-hybridized carbons (Fsp3) is 0.562. The fourth-order valence-corrected chi connectivity index (χ4v) is 2.72. The van der Waals surface area contributed by atoms with Gasteiger partial charge >= 0.3 is 0 Å². The van der Waals surface area contributed by atoms with Crippen LogP contribution in [0, 0.1) is 5.95 Å². The third-order valence-corrected chi connectivity index (χ3v) is 4.02.